The molecule has 5 nitrogen and oxygen atoms in total. The molecule has 2 rings (SSSR count). The van der Waals surface area contributed by atoms with Gasteiger partial charge in [0, 0.05) is 49.1 Å². The van der Waals surface area contributed by atoms with Crippen LogP contribution in [0.4, 0.5) is 5.13 Å². The van der Waals surface area contributed by atoms with E-state index < -0.39 is 0 Å². The van der Waals surface area contributed by atoms with E-state index in [9.17, 15) is 0 Å². The SMILES string of the molecule is CCN(CC)c1ncc(CN[C@H](C)[C@H](C)n2cccn2)s1. The van der Waals surface area contributed by atoms with Gasteiger partial charge in [0.25, 0.3) is 0 Å². The second-order valence-electron chi connectivity index (χ2n) is 5.18. The maximum absolute atomic E-state index is 4.52. The smallest absolute Gasteiger partial charge is 0.185 e. The van der Waals surface area contributed by atoms with E-state index in [2.05, 4.69) is 48.0 Å². The first-order valence-corrected chi connectivity index (χ1v) is 8.39. The standard InChI is InChI=1S/C15H25N5S/c1-5-19(6-2)15-17-11-14(21-15)10-16-12(3)13(4)20-9-7-8-18-20/h7-9,11-13,16H,5-6,10H2,1-4H3/t12-,13+/m1/s1. The molecule has 0 aliphatic rings. The minimum absolute atomic E-state index is 0.329. The molecule has 0 spiro atoms. The molecule has 6 heteroatoms. The third kappa shape index (κ3) is 4.04. The van der Waals surface area contributed by atoms with Gasteiger partial charge < -0.3 is 10.2 Å². The number of anilines is 1. The van der Waals surface area contributed by atoms with Gasteiger partial charge in [-0.05, 0) is 33.8 Å². The first kappa shape index (κ1) is 16.0. The zero-order chi connectivity index (χ0) is 15.2. The van der Waals surface area contributed by atoms with Crippen molar-refractivity contribution in [3.05, 3.63) is 29.5 Å². The highest BCUT2D eigenvalue weighted by molar-refractivity contribution is 7.15. The second kappa shape index (κ2) is 7.56. The lowest BCUT2D eigenvalue weighted by Gasteiger charge is -2.21. The zero-order valence-electron chi connectivity index (χ0n) is 13.3. The molecule has 116 valence electrons. The van der Waals surface area contributed by atoms with Crippen LogP contribution in [-0.2, 0) is 6.54 Å². The Labute approximate surface area is 131 Å². The molecule has 0 radical (unpaired) electrons. The lowest BCUT2D eigenvalue weighted by Crippen LogP contribution is -2.33. The van der Waals surface area contributed by atoms with Crippen molar-refractivity contribution in [2.45, 2.75) is 46.3 Å². The number of nitrogens with zero attached hydrogens (tertiary/aromatic N) is 4. The quantitative estimate of drug-likeness (QED) is 0.814. The highest BCUT2D eigenvalue weighted by atomic mass is 32.1. The Balaban J connectivity index is 1.88. The summed E-state index contributed by atoms with van der Waals surface area (Å²) in [6, 6.07) is 2.64. The third-order valence-corrected chi connectivity index (χ3v) is 4.90. The minimum Gasteiger partial charge on any atom is -0.349 e. The molecule has 1 N–H and O–H groups in total. The maximum atomic E-state index is 4.52. The number of rotatable bonds is 8. The molecule has 2 heterocycles. The fourth-order valence-corrected chi connectivity index (χ4v) is 3.19. The third-order valence-electron chi connectivity index (χ3n) is 3.84. The fourth-order valence-electron chi connectivity index (χ4n) is 2.20. The first-order chi connectivity index (χ1) is 10.2. The number of thiazole rings is 1. The van der Waals surface area contributed by atoms with Gasteiger partial charge in [-0.1, -0.05) is 0 Å². The lowest BCUT2D eigenvalue weighted by atomic mass is 10.2. The van der Waals surface area contributed by atoms with Gasteiger partial charge in [-0.3, -0.25) is 4.68 Å². The van der Waals surface area contributed by atoms with Gasteiger partial charge in [-0.15, -0.1) is 11.3 Å². The van der Waals surface area contributed by atoms with Gasteiger partial charge in [0.2, 0.25) is 0 Å². The zero-order valence-corrected chi connectivity index (χ0v) is 14.1. The Morgan fingerprint density at radius 3 is 2.71 bits per heavy atom. The van der Waals surface area contributed by atoms with E-state index >= 15 is 0 Å². The van der Waals surface area contributed by atoms with Crippen LogP contribution in [0.1, 0.15) is 38.6 Å². The monoisotopic (exact) mass is 307 g/mol. The number of nitrogens with one attached hydrogen (secondary N) is 1. The van der Waals surface area contributed by atoms with E-state index in [1.807, 2.05) is 29.3 Å². The molecule has 0 aliphatic carbocycles. The maximum Gasteiger partial charge on any atom is 0.185 e. The van der Waals surface area contributed by atoms with Gasteiger partial charge in [0.1, 0.15) is 0 Å². The van der Waals surface area contributed by atoms with Gasteiger partial charge in [0.15, 0.2) is 5.13 Å². The summed E-state index contributed by atoms with van der Waals surface area (Å²) in [5.74, 6) is 0. The van der Waals surface area contributed by atoms with Crippen LogP contribution in [0.3, 0.4) is 0 Å². The van der Waals surface area contributed by atoms with Crippen molar-refractivity contribution in [1.29, 1.82) is 0 Å². The van der Waals surface area contributed by atoms with E-state index in [-0.39, 0.29) is 0 Å². The van der Waals surface area contributed by atoms with E-state index in [0.717, 1.165) is 24.8 Å². The van der Waals surface area contributed by atoms with E-state index in [1.165, 1.54) is 4.88 Å². The summed E-state index contributed by atoms with van der Waals surface area (Å²) in [5.41, 5.74) is 0. The fraction of sp³-hybridized carbons (Fsp3) is 0.600. The highest BCUT2D eigenvalue weighted by Gasteiger charge is 2.14. The van der Waals surface area contributed by atoms with Crippen molar-refractivity contribution in [1.82, 2.24) is 20.1 Å². The Morgan fingerprint density at radius 2 is 2.10 bits per heavy atom. The molecule has 0 bridgehead atoms. The number of aromatic nitrogens is 3. The van der Waals surface area contributed by atoms with Crippen molar-refractivity contribution in [2.24, 2.45) is 0 Å². The van der Waals surface area contributed by atoms with Crippen molar-refractivity contribution in [3.8, 4) is 0 Å². The summed E-state index contributed by atoms with van der Waals surface area (Å²) in [4.78, 5) is 8.07. The first-order valence-electron chi connectivity index (χ1n) is 7.57. The van der Waals surface area contributed by atoms with Crippen molar-refractivity contribution >= 4 is 16.5 Å². The Bertz CT molecular complexity index is 518. The van der Waals surface area contributed by atoms with E-state index in [4.69, 9.17) is 0 Å². The topological polar surface area (TPSA) is 46.0 Å². The lowest BCUT2D eigenvalue weighted by molar-refractivity contribution is 0.366. The van der Waals surface area contributed by atoms with Crippen LogP contribution < -0.4 is 10.2 Å². The summed E-state index contributed by atoms with van der Waals surface area (Å²) in [6.45, 7) is 11.6. The van der Waals surface area contributed by atoms with E-state index in [1.54, 1.807) is 11.3 Å². The molecular weight excluding hydrogens is 282 g/mol. The Kier molecular flexibility index (Phi) is 5.76. The Hall–Kier alpha value is -1.40. The molecule has 2 aromatic heterocycles. The van der Waals surface area contributed by atoms with Gasteiger partial charge in [-0.25, -0.2) is 4.98 Å². The average Bonchev–Trinajstić information content (AvgIpc) is 3.17. The molecule has 0 fully saturated rings. The second-order valence-corrected chi connectivity index (χ2v) is 6.27. The van der Waals surface area contributed by atoms with Crippen LogP contribution in [0.15, 0.2) is 24.7 Å². The van der Waals surface area contributed by atoms with Gasteiger partial charge >= 0.3 is 0 Å². The molecule has 0 amide bonds. The molecule has 0 aromatic carbocycles. The summed E-state index contributed by atoms with van der Waals surface area (Å²) < 4.78 is 1.99. The normalized spacial score (nSPS) is 14.1. The highest BCUT2D eigenvalue weighted by Crippen LogP contribution is 2.22. The molecule has 0 saturated carbocycles. The van der Waals surface area contributed by atoms with E-state index in [0.29, 0.717) is 12.1 Å². The van der Waals surface area contributed by atoms with Gasteiger partial charge in [0.05, 0.1) is 6.04 Å². The average molecular weight is 307 g/mol. The largest absolute Gasteiger partial charge is 0.349 e. The molecule has 0 aliphatic heterocycles. The molecule has 2 aromatic rings. The molecule has 0 unspecified atom stereocenters. The molecule has 21 heavy (non-hydrogen) atoms. The molecule has 2 atom stereocenters. The van der Waals surface area contributed by atoms with Gasteiger partial charge in [-0.2, -0.15) is 5.10 Å². The molecular formula is C15H25N5S. The number of hydrogen-bond donors (Lipinski definition) is 1. The summed E-state index contributed by atoms with van der Waals surface area (Å²) in [6.07, 6.45) is 5.81. The summed E-state index contributed by atoms with van der Waals surface area (Å²) in [5, 5.41) is 8.98. The Morgan fingerprint density at radius 1 is 1.33 bits per heavy atom. The summed E-state index contributed by atoms with van der Waals surface area (Å²) in [7, 11) is 0. The van der Waals surface area contributed by atoms with Crippen molar-refractivity contribution in [3.63, 3.8) is 0 Å². The molecule has 0 saturated heterocycles. The van der Waals surface area contributed by atoms with Crippen LogP contribution in [-0.4, -0.2) is 33.9 Å². The van der Waals surface area contributed by atoms with Crippen LogP contribution in [0.2, 0.25) is 0 Å². The summed E-state index contributed by atoms with van der Waals surface area (Å²) >= 11 is 1.77. The predicted molar refractivity (Wildman–Crippen MR) is 88.9 cm³/mol. The predicted octanol–water partition coefficient (Wildman–Crippen LogP) is 2.93. The van der Waals surface area contributed by atoms with Crippen LogP contribution >= 0.6 is 11.3 Å². The van der Waals surface area contributed by atoms with Crippen molar-refractivity contribution < 1.29 is 0 Å². The number of hydrogen-bond acceptors (Lipinski definition) is 5. The van der Waals surface area contributed by atoms with Crippen LogP contribution in [0.25, 0.3) is 0 Å². The van der Waals surface area contributed by atoms with Crippen LogP contribution in [0.5, 0.6) is 0 Å². The van der Waals surface area contributed by atoms with Crippen molar-refractivity contribution in [2.75, 3.05) is 18.0 Å². The van der Waals surface area contributed by atoms with Crippen LogP contribution in [0, 0.1) is 0 Å². The minimum atomic E-state index is 0.329.